The van der Waals surface area contributed by atoms with Gasteiger partial charge >= 0.3 is 0 Å². The second-order valence-electron chi connectivity index (χ2n) is 6.23. The molecule has 0 unspecified atom stereocenters. The molecule has 0 atom stereocenters. The van der Waals surface area contributed by atoms with Gasteiger partial charge < -0.3 is 19.0 Å². The molecule has 0 aliphatic rings. The Kier molecular flexibility index (Phi) is 4.49. The lowest BCUT2D eigenvalue weighted by Gasteiger charge is -2.11. The van der Waals surface area contributed by atoms with Crippen LogP contribution < -0.4 is 9.47 Å². The SMILES string of the molecule is COc1cc(C(=O)c2c(-c3ccccc3)oc3ccccc23)cc(OC)c1O. The summed E-state index contributed by atoms with van der Waals surface area (Å²) < 4.78 is 16.4. The summed E-state index contributed by atoms with van der Waals surface area (Å²) in [5.74, 6) is 0.425. The number of ketones is 1. The van der Waals surface area contributed by atoms with E-state index in [-0.39, 0.29) is 23.0 Å². The molecule has 0 spiro atoms. The van der Waals surface area contributed by atoms with Gasteiger partial charge in [-0.3, -0.25) is 4.79 Å². The minimum absolute atomic E-state index is 0.151. The Labute approximate surface area is 161 Å². The van der Waals surface area contributed by atoms with Crippen molar-refractivity contribution in [3.05, 3.63) is 77.9 Å². The molecule has 0 amide bonds. The highest BCUT2D eigenvalue weighted by molar-refractivity contribution is 6.20. The lowest BCUT2D eigenvalue weighted by Crippen LogP contribution is -2.04. The zero-order valence-corrected chi connectivity index (χ0v) is 15.4. The summed E-state index contributed by atoms with van der Waals surface area (Å²) in [7, 11) is 2.84. The Morgan fingerprint density at radius 1 is 0.893 bits per heavy atom. The first-order valence-electron chi connectivity index (χ1n) is 8.70. The molecule has 0 radical (unpaired) electrons. The van der Waals surface area contributed by atoms with Crippen LogP contribution in [0.25, 0.3) is 22.3 Å². The first kappa shape index (κ1) is 17.7. The number of aromatic hydroxyl groups is 1. The molecule has 4 aromatic rings. The highest BCUT2D eigenvalue weighted by Gasteiger charge is 2.25. The van der Waals surface area contributed by atoms with Crippen LogP contribution in [-0.2, 0) is 0 Å². The predicted octanol–water partition coefficient (Wildman–Crippen LogP) is 5.05. The highest BCUT2D eigenvalue weighted by atomic mass is 16.5. The number of phenolic OH excluding ortho intramolecular Hbond substituents is 1. The van der Waals surface area contributed by atoms with Crippen molar-refractivity contribution in [1.29, 1.82) is 0 Å². The van der Waals surface area contributed by atoms with Crippen molar-refractivity contribution < 1.29 is 23.8 Å². The Hall–Kier alpha value is -3.73. The number of carbonyl (C=O) groups excluding carboxylic acids is 1. The highest BCUT2D eigenvalue weighted by Crippen LogP contribution is 2.40. The van der Waals surface area contributed by atoms with Crippen molar-refractivity contribution in [2.24, 2.45) is 0 Å². The zero-order valence-electron chi connectivity index (χ0n) is 15.4. The summed E-state index contributed by atoms with van der Waals surface area (Å²) in [4.78, 5) is 13.5. The van der Waals surface area contributed by atoms with Gasteiger partial charge in [0.05, 0.1) is 19.8 Å². The molecule has 0 aliphatic heterocycles. The Morgan fingerprint density at radius 3 is 2.14 bits per heavy atom. The lowest BCUT2D eigenvalue weighted by atomic mass is 9.97. The van der Waals surface area contributed by atoms with E-state index < -0.39 is 0 Å². The van der Waals surface area contributed by atoms with Crippen LogP contribution in [0.1, 0.15) is 15.9 Å². The molecule has 140 valence electrons. The number of benzene rings is 3. The minimum Gasteiger partial charge on any atom is -0.502 e. The van der Waals surface area contributed by atoms with Crippen molar-refractivity contribution in [1.82, 2.24) is 0 Å². The Morgan fingerprint density at radius 2 is 1.50 bits per heavy atom. The number of rotatable bonds is 5. The molecular formula is C23H18O5. The maximum absolute atomic E-state index is 13.5. The van der Waals surface area contributed by atoms with E-state index in [1.165, 1.54) is 26.4 Å². The number of fused-ring (bicyclic) bond motifs is 1. The normalized spacial score (nSPS) is 10.8. The molecular weight excluding hydrogens is 356 g/mol. The van der Waals surface area contributed by atoms with Gasteiger partial charge in [-0.25, -0.2) is 0 Å². The van der Waals surface area contributed by atoms with E-state index in [9.17, 15) is 9.90 Å². The van der Waals surface area contributed by atoms with Crippen LogP contribution in [0.3, 0.4) is 0 Å². The van der Waals surface area contributed by atoms with Gasteiger partial charge in [-0.15, -0.1) is 0 Å². The van der Waals surface area contributed by atoms with Crippen LogP contribution in [0.4, 0.5) is 0 Å². The van der Waals surface area contributed by atoms with Crippen molar-refractivity contribution >= 4 is 16.8 Å². The van der Waals surface area contributed by atoms with Gasteiger partial charge in [0.2, 0.25) is 5.75 Å². The smallest absolute Gasteiger partial charge is 0.200 e. The van der Waals surface area contributed by atoms with Crippen molar-refractivity contribution in [3.63, 3.8) is 0 Å². The number of hydrogen-bond donors (Lipinski definition) is 1. The minimum atomic E-state index is -0.250. The molecule has 0 fully saturated rings. The number of hydrogen-bond acceptors (Lipinski definition) is 5. The Bertz CT molecular complexity index is 1130. The topological polar surface area (TPSA) is 68.9 Å². The molecule has 1 N–H and O–H groups in total. The van der Waals surface area contributed by atoms with Gasteiger partial charge in [0, 0.05) is 16.5 Å². The lowest BCUT2D eigenvalue weighted by molar-refractivity contribution is 0.103. The van der Waals surface area contributed by atoms with E-state index in [1.54, 1.807) is 0 Å². The predicted molar refractivity (Wildman–Crippen MR) is 106 cm³/mol. The summed E-state index contributed by atoms with van der Waals surface area (Å²) in [6.45, 7) is 0. The quantitative estimate of drug-likeness (QED) is 0.495. The fourth-order valence-electron chi connectivity index (χ4n) is 3.23. The van der Waals surface area contributed by atoms with E-state index in [1.807, 2.05) is 54.6 Å². The molecule has 28 heavy (non-hydrogen) atoms. The summed E-state index contributed by atoms with van der Waals surface area (Å²) in [5, 5.41) is 10.9. The van der Waals surface area contributed by atoms with Crippen LogP contribution >= 0.6 is 0 Å². The standard InChI is InChI=1S/C23H18O5/c1-26-18-12-15(13-19(27-2)22(18)25)21(24)20-16-10-6-7-11-17(16)28-23(20)14-8-4-3-5-9-14/h3-13,25H,1-2H3. The first-order chi connectivity index (χ1) is 13.6. The average molecular weight is 374 g/mol. The van der Waals surface area contributed by atoms with Crippen LogP contribution in [0.2, 0.25) is 0 Å². The summed E-state index contributed by atoms with van der Waals surface area (Å²) in [6.07, 6.45) is 0. The fraction of sp³-hybridized carbons (Fsp3) is 0.0870. The van der Waals surface area contributed by atoms with Crippen molar-refractivity contribution in [3.8, 4) is 28.6 Å². The monoisotopic (exact) mass is 374 g/mol. The van der Waals surface area contributed by atoms with E-state index in [0.29, 0.717) is 22.5 Å². The van der Waals surface area contributed by atoms with Crippen LogP contribution in [0.5, 0.6) is 17.2 Å². The van der Waals surface area contributed by atoms with Gasteiger partial charge in [-0.1, -0.05) is 48.5 Å². The maximum Gasteiger partial charge on any atom is 0.200 e. The van der Waals surface area contributed by atoms with Crippen LogP contribution in [-0.4, -0.2) is 25.1 Å². The van der Waals surface area contributed by atoms with E-state index in [0.717, 1.165) is 10.9 Å². The van der Waals surface area contributed by atoms with Gasteiger partial charge in [0.1, 0.15) is 11.3 Å². The molecule has 0 saturated carbocycles. The van der Waals surface area contributed by atoms with Crippen LogP contribution in [0, 0.1) is 0 Å². The molecule has 1 heterocycles. The molecule has 0 saturated heterocycles. The number of carbonyl (C=O) groups is 1. The second kappa shape index (κ2) is 7.12. The first-order valence-corrected chi connectivity index (χ1v) is 8.70. The van der Waals surface area contributed by atoms with E-state index in [2.05, 4.69) is 0 Å². The fourth-order valence-corrected chi connectivity index (χ4v) is 3.23. The third kappa shape index (κ3) is 2.87. The molecule has 1 aromatic heterocycles. The molecule has 0 aliphatic carbocycles. The molecule has 3 aromatic carbocycles. The van der Waals surface area contributed by atoms with E-state index >= 15 is 0 Å². The molecule has 0 bridgehead atoms. The van der Waals surface area contributed by atoms with E-state index in [4.69, 9.17) is 13.9 Å². The van der Waals surface area contributed by atoms with Crippen molar-refractivity contribution in [2.75, 3.05) is 14.2 Å². The maximum atomic E-state index is 13.5. The zero-order chi connectivity index (χ0) is 19.7. The summed E-state index contributed by atoms with van der Waals surface area (Å²) in [6, 6.07) is 19.9. The largest absolute Gasteiger partial charge is 0.502 e. The molecule has 4 rings (SSSR count). The van der Waals surface area contributed by atoms with Crippen LogP contribution in [0.15, 0.2) is 71.1 Å². The average Bonchev–Trinajstić information content (AvgIpc) is 3.13. The third-order valence-corrected chi connectivity index (χ3v) is 4.60. The molecule has 5 heteroatoms. The number of methoxy groups -OCH3 is 2. The van der Waals surface area contributed by atoms with Gasteiger partial charge in [-0.2, -0.15) is 0 Å². The van der Waals surface area contributed by atoms with Gasteiger partial charge in [0.15, 0.2) is 17.3 Å². The van der Waals surface area contributed by atoms with Gasteiger partial charge in [0.25, 0.3) is 0 Å². The number of furan rings is 1. The van der Waals surface area contributed by atoms with Gasteiger partial charge in [-0.05, 0) is 18.2 Å². The number of phenols is 1. The van der Waals surface area contributed by atoms with Crippen molar-refractivity contribution in [2.45, 2.75) is 0 Å². The second-order valence-corrected chi connectivity index (χ2v) is 6.23. The summed E-state index contributed by atoms with van der Waals surface area (Å²) in [5.41, 5.74) is 2.22. The number of para-hydroxylation sites is 1. The summed E-state index contributed by atoms with van der Waals surface area (Å²) >= 11 is 0. The third-order valence-electron chi connectivity index (χ3n) is 4.60. The number of ether oxygens (including phenoxy) is 2. The molecule has 5 nitrogen and oxygen atoms in total. The Balaban J connectivity index is 1.95.